The average molecular weight is 382 g/mol. The summed E-state index contributed by atoms with van der Waals surface area (Å²) in [5, 5.41) is 9.27. The molecule has 0 saturated heterocycles. The molecule has 0 radical (unpaired) electrons. The van der Waals surface area contributed by atoms with Crippen LogP contribution in [-0.4, -0.2) is 37.4 Å². The highest BCUT2D eigenvalue weighted by Gasteiger charge is 2.21. The van der Waals surface area contributed by atoms with Crippen LogP contribution < -0.4 is 19.9 Å². The van der Waals surface area contributed by atoms with Crippen molar-refractivity contribution in [1.82, 2.24) is 0 Å². The summed E-state index contributed by atoms with van der Waals surface area (Å²) in [5.74, 6) is 1.19. The first-order valence-electron chi connectivity index (χ1n) is 9.98. The van der Waals surface area contributed by atoms with Crippen LogP contribution in [0.15, 0.2) is 12.1 Å². The molecule has 3 N–H and O–H groups in total. The summed E-state index contributed by atoms with van der Waals surface area (Å²) in [6.45, 7) is 9.76. The van der Waals surface area contributed by atoms with Gasteiger partial charge in [0.25, 0.3) is 0 Å². The normalized spacial score (nSPS) is 13.1. The van der Waals surface area contributed by atoms with Crippen molar-refractivity contribution in [1.29, 1.82) is 0 Å². The number of rotatable bonds is 14. The summed E-state index contributed by atoms with van der Waals surface area (Å²) in [4.78, 5) is 11.3. The Morgan fingerprint density at radius 3 is 2.26 bits per heavy atom. The monoisotopic (exact) mass is 381 g/mol. The molecular weight excluding hydrogens is 346 g/mol. The standard InChI is InChI=1S/C21H35NO5/c1-5-15(11-17(14-22)21(23)24)9-10-16-12-18(25-6-2)13-19(26-7-3)20(16)27-8-4/h12-13,15,17H,5-11,14,22H2,1-4H3,(H,23,24). The zero-order chi connectivity index (χ0) is 20.2. The first-order chi connectivity index (χ1) is 13.0. The number of nitrogens with two attached hydrogens (primary N) is 1. The van der Waals surface area contributed by atoms with Crippen molar-refractivity contribution < 1.29 is 24.1 Å². The number of aliphatic carboxylic acids is 1. The second-order valence-electron chi connectivity index (χ2n) is 6.53. The van der Waals surface area contributed by atoms with Gasteiger partial charge in [0.1, 0.15) is 5.75 Å². The lowest BCUT2D eigenvalue weighted by Crippen LogP contribution is -2.26. The second kappa shape index (κ2) is 12.4. The molecule has 0 aliphatic heterocycles. The van der Waals surface area contributed by atoms with E-state index in [4.69, 9.17) is 19.9 Å². The van der Waals surface area contributed by atoms with Gasteiger partial charge in [0, 0.05) is 18.2 Å². The Labute approximate surface area is 163 Å². The Kier molecular flexibility index (Phi) is 10.6. The highest BCUT2D eigenvalue weighted by molar-refractivity contribution is 5.70. The average Bonchev–Trinajstić information content (AvgIpc) is 2.64. The minimum absolute atomic E-state index is 0.171. The van der Waals surface area contributed by atoms with Crippen molar-refractivity contribution >= 4 is 5.97 Å². The number of hydrogen-bond acceptors (Lipinski definition) is 5. The van der Waals surface area contributed by atoms with Crippen LogP contribution in [0.2, 0.25) is 0 Å². The Balaban J connectivity index is 3.02. The number of benzene rings is 1. The van der Waals surface area contributed by atoms with E-state index in [1.165, 1.54) is 0 Å². The van der Waals surface area contributed by atoms with E-state index in [0.717, 1.165) is 36.3 Å². The van der Waals surface area contributed by atoms with E-state index < -0.39 is 11.9 Å². The Morgan fingerprint density at radius 1 is 1.07 bits per heavy atom. The quantitative estimate of drug-likeness (QED) is 0.508. The van der Waals surface area contributed by atoms with E-state index >= 15 is 0 Å². The van der Waals surface area contributed by atoms with Gasteiger partial charge in [-0.1, -0.05) is 13.3 Å². The van der Waals surface area contributed by atoms with Crippen molar-refractivity contribution in [2.45, 2.75) is 53.4 Å². The first kappa shape index (κ1) is 23.1. The Morgan fingerprint density at radius 2 is 1.74 bits per heavy atom. The molecule has 1 aromatic carbocycles. The third kappa shape index (κ3) is 7.29. The van der Waals surface area contributed by atoms with Crippen molar-refractivity contribution in [3.63, 3.8) is 0 Å². The largest absolute Gasteiger partial charge is 0.494 e. The summed E-state index contributed by atoms with van der Waals surface area (Å²) in [6.07, 6.45) is 3.14. The van der Waals surface area contributed by atoms with Gasteiger partial charge < -0.3 is 25.1 Å². The molecular formula is C21H35NO5. The molecule has 27 heavy (non-hydrogen) atoms. The minimum atomic E-state index is -0.817. The van der Waals surface area contributed by atoms with Crippen molar-refractivity contribution in [2.75, 3.05) is 26.4 Å². The number of ether oxygens (including phenoxy) is 3. The van der Waals surface area contributed by atoms with Crippen LogP contribution in [-0.2, 0) is 11.2 Å². The van der Waals surface area contributed by atoms with Gasteiger partial charge in [-0.3, -0.25) is 4.79 Å². The van der Waals surface area contributed by atoms with E-state index in [1.807, 2.05) is 32.9 Å². The fraction of sp³-hybridized carbons (Fsp3) is 0.667. The molecule has 0 spiro atoms. The van der Waals surface area contributed by atoms with E-state index in [0.29, 0.717) is 32.0 Å². The fourth-order valence-electron chi connectivity index (χ4n) is 3.19. The highest BCUT2D eigenvalue weighted by atomic mass is 16.5. The molecule has 2 atom stereocenters. The molecule has 0 aromatic heterocycles. The molecule has 0 heterocycles. The Bertz CT molecular complexity index is 576. The summed E-state index contributed by atoms with van der Waals surface area (Å²) >= 11 is 0. The van der Waals surface area contributed by atoms with Crippen LogP contribution in [0.25, 0.3) is 0 Å². The summed E-state index contributed by atoms with van der Waals surface area (Å²) in [7, 11) is 0. The molecule has 0 amide bonds. The second-order valence-corrected chi connectivity index (χ2v) is 6.53. The van der Waals surface area contributed by atoms with E-state index in [2.05, 4.69) is 6.92 Å². The summed E-state index contributed by atoms with van der Waals surface area (Å²) in [6, 6.07) is 3.87. The zero-order valence-electron chi connectivity index (χ0n) is 17.1. The number of carboxylic acids is 1. The van der Waals surface area contributed by atoms with Gasteiger partial charge in [-0.05, 0) is 52.0 Å². The minimum Gasteiger partial charge on any atom is -0.494 e. The maximum absolute atomic E-state index is 11.3. The van der Waals surface area contributed by atoms with Crippen LogP contribution in [0.3, 0.4) is 0 Å². The number of aryl methyl sites for hydroxylation is 1. The number of carbonyl (C=O) groups is 1. The molecule has 0 aliphatic rings. The lowest BCUT2D eigenvalue weighted by Gasteiger charge is -2.21. The molecule has 1 aromatic rings. The summed E-state index contributed by atoms with van der Waals surface area (Å²) in [5.41, 5.74) is 6.65. The van der Waals surface area contributed by atoms with Crippen molar-refractivity contribution in [3.05, 3.63) is 17.7 Å². The van der Waals surface area contributed by atoms with Crippen LogP contribution in [0.1, 0.15) is 52.5 Å². The third-order valence-electron chi connectivity index (χ3n) is 4.66. The fourth-order valence-corrected chi connectivity index (χ4v) is 3.19. The van der Waals surface area contributed by atoms with Gasteiger partial charge in [0.05, 0.1) is 25.7 Å². The predicted octanol–water partition coefficient (Wildman–Crippen LogP) is 3.89. The van der Waals surface area contributed by atoms with Gasteiger partial charge in [-0.15, -0.1) is 0 Å². The summed E-state index contributed by atoms with van der Waals surface area (Å²) < 4.78 is 17.3. The van der Waals surface area contributed by atoms with Gasteiger partial charge >= 0.3 is 5.97 Å². The van der Waals surface area contributed by atoms with Crippen LogP contribution >= 0.6 is 0 Å². The molecule has 0 fully saturated rings. The van der Waals surface area contributed by atoms with Gasteiger partial charge in [0.15, 0.2) is 11.5 Å². The van der Waals surface area contributed by atoms with Gasteiger partial charge in [-0.25, -0.2) is 0 Å². The van der Waals surface area contributed by atoms with Crippen LogP contribution in [0, 0.1) is 11.8 Å². The van der Waals surface area contributed by atoms with Crippen molar-refractivity contribution in [3.8, 4) is 17.2 Å². The number of hydrogen-bond donors (Lipinski definition) is 2. The van der Waals surface area contributed by atoms with Crippen LogP contribution in [0.5, 0.6) is 17.2 Å². The molecule has 0 saturated carbocycles. The Hall–Kier alpha value is -1.95. The maximum atomic E-state index is 11.3. The van der Waals surface area contributed by atoms with E-state index in [1.54, 1.807) is 0 Å². The van der Waals surface area contributed by atoms with Gasteiger partial charge in [0.2, 0.25) is 0 Å². The van der Waals surface area contributed by atoms with Gasteiger partial charge in [-0.2, -0.15) is 0 Å². The predicted molar refractivity (Wildman–Crippen MR) is 107 cm³/mol. The lowest BCUT2D eigenvalue weighted by atomic mass is 9.87. The van der Waals surface area contributed by atoms with E-state index in [9.17, 15) is 9.90 Å². The number of carboxylic acid groups (broad SMARTS) is 1. The third-order valence-corrected chi connectivity index (χ3v) is 4.66. The maximum Gasteiger partial charge on any atom is 0.307 e. The molecule has 6 heteroatoms. The first-order valence-corrected chi connectivity index (χ1v) is 9.98. The molecule has 0 aliphatic carbocycles. The molecule has 154 valence electrons. The SMILES string of the molecule is CCOc1cc(CCC(CC)CC(CN)C(=O)O)c(OCC)c(OCC)c1. The lowest BCUT2D eigenvalue weighted by molar-refractivity contribution is -0.142. The molecule has 1 rings (SSSR count). The zero-order valence-corrected chi connectivity index (χ0v) is 17.1. The molecule has 2 unspecified atom stereocenters. The van der Waals surface area contributed by atoms with Crippen molar-refractivity contribution in [2.24, 2.45) is 17.6 Å². The molecule has 6 nitrogen and oxygen atoms in total. The highest BCUT2D eigenvalue weighted by Crippen LogP contribution is 2.38. The topological polar surface area (TPSA) is 91.0 Å². The smallest absolute Gasteiger partial charge is 0.307 e. The van der Waals surface area contributed by atoms with Crippen LogP contribution in [0.4, 0.5) is 0 Å². The molecule has 0 bridgehead atoms. The van der Waals surface area contributed by atoms with E-state index in [-0.39, 0.29) is 12.5 Å².